The summed E-state index contributed by atoms with van der Waals surface area (Å²) >= 11 is 5.54. The van der Waals surface area contributed by atoms with Crippen LogP contribution in [0.15, 0.2) is 6.20 Å². The van der Waals surface area contributed by atoms with Gasteiger partial charge in [-0.3, -0.25) is 0 Å². The van der Waals surface area contributed by atoms with Crippen LogP contribution in [0.4, 0.5) is 0 Å². The Morgan fingerprint density at radius 3 is 2.91 bits per heavy atom. The maximum Gasteiger partial charge on any atom is 0.222 e. The van der Waals surface area contributed by atoms with E-state index in [0.29, 0.717) is 12.4 Å². The number of aryl methyl sites for hydroxylation is 1. The molecule has 0 aliphatic rings. The van der Waals surface area contributed by atoms with E-state index >= 15 is 0 Å². The molecule has 0 aliphatic carbocycles. The second kappa shape index (κ2) is 3.53. The fraction of sp³-hybridized carbons (Fsp3) is 0.429. The Bertz CT molecular complexity index is 252. The lowest BCUT2D eigenvalue weighted by atomic mass is 10.4. The summed E-state index contributed by atoms with van der Waals surface area (Å²) in [4.78, 5) is 7.71. The van der Waals surface area contributed by atoms with Crippen LogP contribution in [0.1, 0.15) is 12.6 Å². The number of hydrogen-bond acceptors (Lipinski definition) is 3. The second-order valence-corrected chi connectivity index (χ2v) is 2.36. The number of aromatic nitrogens is 2. The van der Waals surface area contributed by atoms with Gasteiger partial charge in [-0.2, -0.15) is 0 Å². The van der Waals surface area contributed by atoms with Gasteiger partial charge in [0.2, 0.25) is 5.28 Å². The molecule has 0 aliphatic heterocycles. The number of ether oxygens (including phenoxy) is 1. The molecule has 0 saturated carbocycles. The average molecular weight is 173 g/mol. The Kier molecular flexibility index (Phi) is 2.65. The first-order chi connectivity index (χ1) is 5.24. The van der Waals surface area contributed by atoms with Gasteiger partial charge in [-0.25, -0.2) is 9.97 Å². The average Bonchev–Trinajstić information content (AvgIpc) is 1.95. The highest BCUT2D eigenvalue weighted by Crippen LogP contribution is 2.14. The van der Waals surface area contributed by atoms with Crippen molar-refractivity contribution < 1.29 is 4.74 Å². The van der Waals surface area contributed by atoms with Gasteiger partial charge in [0.25, 0.3) is 0 Å². The van der Waals surface area contributed by atoms with Crippen LogP contribution >= 0.6 is 11.6 Å². The summed E-state index contributed by atoms with van der Waals surface area (Å²) in [6.45, 7) is 4.36. The van der Waals surface area contributed by atoms with Crippen LogP contribution in [-0.2, 0) is 0 Å². The first-order valence-corrected chi connectivity index (χ1v) is 3.73. The molecular formula is C7H9ClN2O. The molecule has 0 atom stereocenters. The highest BCUT2D eigenvalue weighted by molar-refractivity contribution is 6.28. The van der Waals surface area contributed by atoms with E-state index in [1.54, 1.807) is 6.20 Å². The van der Waals surface area contributed by atoms with Gasteiger partial charge in [0.15, 0.2) is 5.75 Å². The maximum atomic E-state index is 5.54. The van der Waals surface area contributed by atoms with Crippen LogP contribution < -0.4 is 4.74 Å². The number of nitrogens with zero attached hydrogens (tertiary/aromatic N) is 2. The third kappa shape index (κ3) is 2.05. The van der Waals surface area contributed by atoms with Gasteiger partial charge in [0.1, 0.15) is 0 Å². The highest BCUT2D eigenvalue weighted by atomic mass is 35.5. The molecule has 0 spiro atoms. The van der Waals surface area contributed by atoms with E-state index in [0.717, 1.165) is 5.69 Å². The second-order valence-electron chi connectivity index (χ2n) is 2.02. The molecule has 11 heavy (non-hydrogen) atoms. The summed E-state index contributed by atoms with van der Waals surface area (Å²) < 4.78 is 5.21. The molecule has 0 fully saturated rings. The molecule has 4 heteroatoms. The van der Waals surface area contributed by atoms with Crippen molar-refractivity contribution in [1.82, 2.24) is 9.97 Å². The van der Waals surface area contributed by atoms with E-state index in [1.165, 1.54) is 0 Å². The molecule has 1 rings (SSSR count). The minimum absolute atomic E-state index is 0.256. The van der Waals surface area contributed by atoms with E-state index in [4.69, 9.17) is 16.3 Å². The lowest BCUT2D eigenvalue weighted by molar-refractivity contribution is 0.334. The lowest BCUT2D eigenvalue weighted by Crippen LogP contribution is -1.97. The molecule has 0 radical (unpaired) electrons. The molecule has 0 saturated heterocycles. The largest absolute Gasteiger partial charge is 0.490 e. The van der Waals surface area contributed by atoms with Crippen molar-refractivity contribution in [2.75, 3.05) is 6.61 Å². The zero-order chi connectivity index (χ0) is 8.27. The lowest BCUT2D eigenvalue weighted by Gasteiger charge is -2.03. The smallest absolute Gasteiger partial charge is 0.222 e. The standard InChI is InChI=1S/C7H9ClN2O/c1-3-11-6-4-9-7(8)10-5(6)2/h4H,3H2,1-2H3. The first-order valence-electron chi connectivity index (χ1n) is 3.36. The zero-order valence-corrected chi connectivity index (χ0v) is 7.22. The van der Waals surface area contributed by atoms with Crippen LogP contribution in [-0.4, -0.2) is 16.6 Å². The van der Waals surface area contributed by atoms with E-state index < -0.39 is 0 Å². The maximum absolute atomic E-state index is 5.54. The predicted octanol–water partition coefficient (Wildman–Crippen LogP) is 1.84. The molecule has 60 valence electrons. The van der Waals surface area contributed by atoms with Crippen LogP contribution in [0.3, 0.4) is 0 Å². The fourth-order valence-electron chi connectivity index (χ4n) is 0.725. The summed E-state index contributed by atoms with van der Waals surface area (Å²) in [5, 5.41) is 0.256. The molecule has 0 amide bonds. The molecule has 0 unspecified atom stereocenters. The fourth-order valence-corrected chi connectivity index (χ4v) is 0.900. The van der Waals surface area contributed by atoms with Gasteiger partial charge >= 0.3 is 0 Å². The molecule has 0 N–H and O–H groups in total. The van der Waals surface area contributed by atoms with E-state index in [-0.39, 0.29) is 5.28 Å². The Balaban J connectivity index is 2.90. The van der Waals surface area contributed by atoms with Gasteiger partial charge in [-0.15, -0.1) is 0 Å². The zero-order valence-electron chi connectivity index (χ0n) is 6.47. The van der Waals surface area contributed by atoms with Crippen molar-refractivity contribution in [1.29, 1.82) is 0 Å². The van der Waals surface area contributed by atoms with Crippen molar-refractivity contribution in [2.45, 2.75) is 13.8 Å². The van der Waals surface area contributed by atoms with Crippen molar-refractivity contribution in [3.05, 3.63) is 17.2 Å². The van der Waals surface area contributed by atoms with Crippen molar-refractivity contribution >= 4 is 11.6 Å². The van der Waals surface area contributed by atoms with Crippen molar-refractivity contribution in [2.24, 2.45) is 0 Å². The molecule has 0 bridgehead atoms. The first kappa shape index (κ1) is 8.27. The highest BCUT2D eigenvalue weighted by Gasteiger charge is 2.00. The van der Waals surface area contributed by atoms with Crippen molar-refractivity contribution in [3.63, 3.8) is 0 Å². The summed E-state index contributed by atoms with van der Waals surface area (Å²) in [7, 11) is 0. The van der Waals surface area contributed by atoms with E-state index in [1.807, 2.05) is 13.8 Å². The Morgan fingerprint density at radius 1 is 1.64 bits per heavy atom. The quantitative estimate of drug-likeness (QED) is 0.639. The van der Waals surface area contributed by atoms with Gasteiger partial charge in [-0.1, -0.05) is 0 Å². The van der Waals surface area contributed by atoms with Crippen molar-refractivity contribution in [3.8, 4) is 5.75 Å². The van der Waals surface area contributed by atoms with Gasteiger partial charge in [0.05, 0.1) is 18.5 Å². The normalized spacial score (nSPS) is 9.73. The molecular weight excluding hydrogens is 164 g/mol. The third-order valence-corrected chi connectivity index (χ3v) is 1.39. The molecule has 3 nitrogen and oxygen atoms in total. The number of halogens is 1. The van der Waals surface area contributed by atoms with Crippen LogP contribution in [0, 0.1) is 6.92 Å². The van der Waals surface area contributed by atoms with Gasteiger partial charge in [-0.05, 0) is 25.4 Å². The Labute approximate surface area is 70.4 Å². The number of hydrogen-bond donors (Lipinski definition) is 0. The Hall–Kier alpha value is -0.830. The van der Waals surface area contributed by atoms with Gasteiger partial charge in [0, 0.05) is 0 Å². The minimum Gasteiger partial charge on any atom is -0.490 e. The van der Waals surface area contributed by atoms with Crippen LogP contribution in [0.5, 0.6) is 5.75 Å². The predicted molar refractivity (Wildman–Crippen MR) is 42.9 cm³/mol. The molecule has 1 aromatic heterocycles. The van der Waals surface area contributed by atoms with E-state index in [2.05, 4.69) is 9.97 Å². The molecule has 1 aromatic rings. The number of rotatable bonds is 2. The Morgan fingerprint density at radius 2 is 2.36 bits per heavy atom. The summed E-state index contributed by atoms with van der Waals surface area (Å²) in [5.74, 6) is 0.692. The van der Waals surface area contributed by atoms with E-state index in [9.17, 15) is 0 Å². The third-order valence-electron chi connectivity index (χ3n) is 1.20. The SMILES string of the molecule is CCOc1cnc(Cl)nc1C. The van der Waals surface area contributed by atoms with Crippen LogP contribution in [0.25, 0.3) is 0 Å². The summed E-state index contributed by atoms with van der Waals surface area (Å²) in [5.41, 5.74) is 0.770. The minimum atomic E-state index is 0.256. The molecule has 1 heterocycles. The van der Waals surface area contributed by atoms with Gasteiger partial charge < -0.3 is 4.74 Å². The monoisotopic (exact) mass is 172 g/mol. The summed E-state index contributed by atoms with van der Waals surface area (Å²) in [6.07, 6.45) is 1.58. The van der Waals surface area contributed by atoms with Crippen LogP contribution in [0.2, 0.25) is 5.28 Å². The topological polar surface area (TPSA) is 35.0 Å². The summed E-state index contributed by atoms with van der Waals surface area (Å²) in [6, 6.07) is 0. The molecule has 0 aromatic carbocycles.